The monoisotopic (exact) mass is 304 g/mol. The predicted molar refractivity (Wildman–Crippen MR) is 80.1 cm³/mol. The van der Waals surface area contributed by atoms with Gasteiger partial charge in [0.15, 0.2) is 0 Å². The molecule has 0 unspecified atom stereocenters. The highest BCUT2D eigenvalue weighted by molar-refractivity contribution is 6.29. The molecule has 2 aromatic rings. The summed E-state index contributed by atoms with van der Waals surface area (Å²) in [6.07, 6.45) is 1.41. The lowest BCUT2D eigenvalue weighted by molar-refractivity contribution is 0.0698. The van der Waals surface area contributed by atoms with Gasteiger partial charge in [-0.15, -0.1) is 0 Å². The summed E-state index contributed by atoms with van der Waals surface area (Å²) in [6, 6.07) is 6.25. The molecule has 2 N–H and O–H groups in total. The summed E-state index contributed by atoms with van der Waals surface area (Å²) in [5.41, 5.74) is 2.15. The summed E-state index contributed by atoms with van der Waals surface area (Å²) in [7, 11) is 0. The zero-order valence-electron chi connectivity index (χ0n) is 11.5. The van der Waals surface area contributed by atoms with Crippen molar-refractivity contribution in [1.82, 2.24) is 4.98 Å². The van der Waals surface area contributed by atoms with Gasteiger partial charge in [-0.1, -0.05) is 17.7 Å². The number of anilines is 1. The van der Waals surface area contributed by atoms with E-state index in [4.69, 9.17) is 11.6 Å². The van der Waals surface area contributed by atoms with Gasteiger partial charge >= 0.3 is 5.97 Å². The van der Waals surface area contributed by atoms with E-state index in [0.717, 1.165) is 5.56 Å². The molecule has 1 heterocycles. The number of benzene rings is 1. The highest BCUT2D eigenvalue weighted by Crippen LogP contribution is 2.24. The Bertz CT molecular complexity index is 729. The molecule has 0 aliphatic heterocycles. The third-order valence-corrected chi connectivity index (χ3v) is 3.14. The van der Waals surface area contributed by atoms with Crippen molar-refractivity contribution in [2.75, 3.05) is 5.32 Å². The largest absolute Gasteiger partial charge is 0.478 e. The lowest BCUT2D eigenvalue weighted by Crippen LogP contribution is -2.16. The number of aryl methyl sites for hydroxylation is 2. The average molecular weight is 305 g/mol. The molecule has 1 amide bonds. The van der Waals surface area contributed by atoms with Gasteiger partial charge in [-0.05, 0) is 43.2 Å². The van der Waals surface area contributed by atoms with Gasteiger partial charge in [-0.2, -0.15) is 0 Å². The van der Waals surface area contributed by atoms with E-state index in [0.29, 0.717) is 11.1 Å². The lowest BCUT2D eigenvalue weighted by atomic mass is 10.0. The number of nitrogens with one attached hydrogen (secondary N) is 1. The molecule has 1 aromatic heterocycles. The zero-order chi connectivity index (χ0) is 15.6. The molecule has 0 radical (unpaired) electrons. The molecular weight excluding hydrogens is 292 g/mol. The van der Waals surface area contributed by atoms with Crippen LogP contribution >= 0.6 is 11.6 Å². The minimum Gasteiger partial charge on any atom is -0.478 e. The van der Waals surface area contributed by atoms with Crippen LogP contribution in [0, 0.1) is 13.8 Å². The van der Waals surface area contributed by atoms with Gasteiger partial charge in [0.05, 0.1) is 11.3 Å². The van der Waals surface area contributed by atoms with Crippen LogP contribution in [0.5, 0.6) is 0 Å². The summed E-state index contributed by atoms with van der Waals surface area (Å²) in [4.78, 5) is 27.3. The van der Waals surface area contributed by atoms with Gasteiger partial charge in [-0.25, -0.2) is 9.78 Å². The topological polar surface area (TPSA) is 79.3 Å². The van der Waals surface area contributed by atoms with Crippen molar-refractivity contribution in [3.63, 3.8) is 0 Å². The van der Waals surface area contributed by atoms with E-state index in [1.807, 2.05) is 6.07 Å². The molecule has 0 aliphatic carbocycles. The summed E-state index contributed by atoms with van der Waals surface area (Å²) in [6.45, 7) is 3.54. The van der Waals surface area contributed by atoms with Crippen LogP contribution in [0.4, 0.5) is 5.69 Å². The summed E-state index contributed by atoms with van der Waals surface area (Å²) in [5, 5.41) is 12.1. The van der Waals surface area contributed by atoms with Gasteiger partial charge in [0.2, 0.25) is 0 Å². The van der Waals surface area contributed by atoms with Crippen LogP contribution in [0.1, 0.15) is 31.8 Å². The van der Waals surface area contributed by atoms with Gasteiger partial charge in [-0.3, -0.25) is 4.79 Å². The van der Waals surface area contributed by atoms with E-state index < -0.39 is 11.9 Å². The Hall–Kier alpha value is -2.40. The van der Waals surface area contributed by atoms with Crippen LogP contribution in [-0.4, -0.2) is 22.0 Å². The number of hydrogen-bond acceptors (Lipinski definition) is 3. The SMILES string of the molecule is Cc1cc(C)c(NC(=O)c2ccnc(Cl)c2)c(C(=O)O)c1. The Kier molecular flexibility index (Phi) is 4.23. The van der Waals surface area contributed by atoms with Gasteiger partial charge in [0.25, 0.3) is 5.91 Å². The van der Waals surface area contributed by atoms with Crippen molar-refractivity contribution in [3.05, 3.63) is 57.9 Å². The molecule has 5 nitrogen and oxygen atoms in total. The molecule has 108 valence electrons. The smallest absolute Gasteiger partial charge is 0.337 e. The molecule has 2 rings (SSSR count). The van der Waals surface area contributed by atoms with E-state index in [1.165, 1.54) is 24.4 Å². The number of pyridine rings is 1. The second kappa shape index (κ2) is 5.93. The molecule has 0 atom stereocenters. The molecule has 0 fully saturated rings. The first kappa shape index (κ1) is 15.0. The van der Waals surface area contributed by atoms with Crippen molar-refractivity contribution < 1.29 is 14.7 Å². The average Bonchev–Trinajstić information content (AvgIpc) is 2.41. The van der Waals surface area contributed by atoms with Gasteiger partial charge < -0.3 is 10.4 Å². The minimum absolute atomic E-state index is 0.0565. The first-order valence-corrected chi connectivity index (χ1v) is 6.53. The Morgan fingerprint density at radius 1 is 1.24 bits per heavy atom. The third kappa shape index (κ3) is 3.38. The van der Waals surface area contributed by atoms with Crippen molar-refractivity contribution in [1.29, 1.82) is 0 Å². The fourth-order valence-electron chi connectivity index (χ4n) is 2.03. The maximum absolute atomic E-state index is 12.2. The van der Waals surface area contributed by atoms with Crippen LogP contribution in [0.15, 0.2) is 30.5 Å². The number of carbonyl (C=O) groups excluding carboxylic acids is 1. The summed E-state index contributed by atoms with van der Waals surface area (Å²) < 4.78 is 0. The van der Waals surface area contributed by atoms with Crippen LogP contribution in [0.2, 0.25) is 5.15 Å². The van der Waals surface area contributed by atoms with Crippen LogP contribution in [-0.2, 0) is 0 Å². The number of rotatable bonds is 3. The minimum atomic E-state index is -1.09. The van der Waals surface area contributed by atoms with Crippen molar-refractivity contribution in [2.45, 2.75) is 13.8 Å². The number of aromatic carboxylic acids is 1. The number of carboxylic acid groups (broad SMARTS) is 1. The Balaban J connectivity index is 2.39. The lowest BCUT2D eigenvalue weighted by Gasteiger charge is -2.13. The molecule has 0 spiro atoms. The zero-order valence-corrected chi connectivity index (χ0v) is 12.2. The van der Waals surface area contributed by atoms with Crippen molar-refractivity contribution >= 4 is 29.2 Å². The molecule has 0 aliphatic rings. The number of hydrogen-bond donors (Lipinski definition) is 2. The first-order valence-electron chi connectivity index (χ1n) is 6.16. The van der Waals surface area contributed by atoms with E-state index in [-0.39, 0.29) is 16.4 Å². The standard InChI is InChI=1S/C15H13ClN2O3/c1-8-5-9(2)13(11(6-8)15(20)21)18-14(19)10-3-4-17-12(16)7-10/h3-7H,1-2H3,(H,18,19)(H,20,21). The molecular formula is C15H13ClN2O3. The maximum Gasteiger partial charge on any atom is 0.337 e. The summed E-state index contributed by atoms with van der Waals surface area (Å²) >= 11 is 5.74. The fourth-order valence-corrected chi connectivity index (χ4v) is 2.21. The number of halogens is 1. The quantitative estimate of drug-likeness (QED) is 0.853. The number of carbonyl (C=O) groups is 2. The Labute approximate surface area is 126 Å². The first-order chi connectivity index (χ1) is 9.88. The van der Waals surface area contributed by atoms with Crippen LogP contribution in [0.25, 0.3) is 0 Å². The normalized spacial score (nSPS) is 10.2. The van der Waals surface area contributed by atoms with Crippen LogP contribution < -0.4 is 5.32 Å². The number of aromatic nitrogens is 1. The Morgan fingerprint density at radius 3 is 2.57 bits per heavy atom. The van der Waals surface area contributed by atoms with Crippen molar-refractivity contribution in [3.8, 4) is 0 Å². The van der Waals surface area contributed by atoms with Crippen LogP contribution in [0.3, 0.4) is 0 Å². The second-order valence-electron chi connectivity index (χ2n) is 4.63. The second-order valence-corrected chi connectivity index (χ2v) is 5.02. The maximum atomic E-state index is 12.2. The number of carboxylic acids is 1. The molecule has 0 saturated carbocycles. The van der Waals surface area contributed by atoms with E-state index >= 15 is 0 Å². The molecule has 0 bridgehead atoms. The molecule has 0 saturated heterocycles. The molecule has 21 heavy (non-hydrogen) atoms. The third-order valence-electron chi connectivity index (χ3n) is 2.94. The van der Waals surface area contributed by atoms with E-state index in [2.05, 4.69) is 10.3 Å². The van der Waals surface area contributed by atoms with E-state index in [9.17, 15) is 14.7 Å². The molecule has 1 aromatic carbocycles. The summed E-state index contributed by atoms with van der Waals surface area (Å²) in [5.74, 6) is -1.53. The van der Waals surface area contributed by atoms with Gasteiger partial charge in [0.1, 0.15) is 5.15 Å². The number of nitrogens with zero attached hydrogens (tertiary/aromatic N) is 1. The highest BCUT2D eigenvalue weighted by atomic mass is 35.5. The number of amides is 1. The van der Waals surface area contributed by atoms with Gasteiger partial charge in [0, 0.05) is 11.8 Å². The van der Waals surface area contributed by atoms with Crippen molar-refractivity contribution in [2.24, 2.45) is 0 Å². The highest BCUT2D eigenvalue weighted by Gasteiger charge is 2.16. The fraction of sp³-hybridized carbons (Fsp3) is 0.133. The van der Waals surface area contributed by atoms with E-state index in [1.54, 1.807) is 13.8 Å². The predicted octanol–water partition coefficient (Wildman–Crippen LogP) is 3.30. The molecule has 6 heteroatoms. The Morgan fingerprint density at radius 2 is 1.95 bits per heavy atom.